The highest BCUT2D eigenvalue weighted by molar-refractivity contribution is 5.34. The monoisotopic (exact) mass is 343 g/mol. The third-order valence-corrected chi connectivity index (χ3v) is 8.55. The summed E-state index contributed by atoms with van der Waals surface area (Å²) >= 11 is 0. The van der Waals surface area contributed by atoms with Crippen LogP contribution in [0.3, 0.4) is 0 Å². The van der Waals surface area contributed by atoms with Gasteiger partial charge in [0.15, 0.2) is 5.79 Å². The highest BCUT2D eigenvalue weighted by Crippen LogP contribution is 2.64. The molecule has 3 nitrogen and oxygen atoms in total. The molecule has 3 heteroatoms. The van der Waals surface area contributed by atoms with Crippen molar-refractivity contribution in [2.24, 2.45) is 17.3 Å². The maximum Gasteiger partial charge on any atom is 0.169 e. The van der Waals surface area contributed by atoms with Gasteiger partial charge in [0, 0.05) is 30.8 Å². The van der Waals surface area contributed by atoms with Crippen molar-refractivity contribution in [3.8, 4) is 0 Å². The minimum absolute atomic E-state index is 0.230. The van der Waals surface area contributed by atoms with Crippen LogP contribution in [0.1, 0.15) is 70.6 Å². The van der Waals surface area contributed by atoms with Crippen molar-refractivity contribution in [2.75, 3.05) is 26.3 Å². The van der Waals surface area contributed by atoms with Crippen molar-refractivity contribution < 1.29 is 9.47 Å². The Morgan fingerprint density at radius 3 is 2.68 bits per heavy atom. The summed E-state index contributed by atoms with van der Waals surface area (Å²) in [6.07, 6.45) is 14.9. The Bertz CT molecular complexity index is 589. The summed E-state index contributed by atoms with van der Waals surface area (Å²) in [6.45, 7) is 4.33. The SMILES string of the molecule is C1CCC2=C(C1)C[C@@H]1[C@@H]3CCC4(C[C@]23CCN1CC1CC1)OCCO4. The summed E-state index contributed by atoms with van der Waals surface area (Å²) in [4.78, 5) is 2.92. The molecule has 2 heterocycles. The molecule has 0 aromatic heterocycles. The predicted octanol–water partition coefficient (Wildman–Crippen LogP) is 4.27. The molecule has 138 valence electrons. The maximum atomic E-state index is 6.24. The van der Waals surface area contributed by atoms with Gasteiger partial charge in [0.05, 0.1) is 13.2 Å². The van der Waals surface area contributed by atoms with Crippen LogP contribution in [0, 0.1) is 17.3 Å². The topological polar surface area (TPSA) is 21.7 Å². The van der Waals surface area contributed by atoms with Crippen LogP contribution in [0.5, 0.6) is 0 Å². The van der Waals surface area contributed by atoms with Gasteiger partial charge >= 0.3 is 0 Å². The number of piperidine rings is 1. The Hall–Kier alpha value is -0.380. The molecule has 2 saturated carbocycles. The second-order valence-electron chi connectivity index (χ2n) is 9.83. The molecule has 2 bridgehead atoms. The smallest absolute Gasteiger partial charge is 0.169 e. The fourth-order valence-electron chi connectivity index (χ4n) is 7.35. The first-order valence-corrected chi connectivity index (χ1v) is 11.0. The number of hydrogen-bond donors (Lipinski definition) is 0. The van der Waals surface area contributed by atoms with E-state index in [9.17, 15) is 0 Å². The van der Waals surface area contributed by atoms with Gasteiger partial charge in [0.25, 0.3) is 0 Å². The highest BCUT2D eigenvalue weighted by atomic mass is 16.7. The Labute approximate surface area is 152 Å². The van der Waals surface area contributed by atoms with Crippen molar-refractivity contribution in [3.63, 3.8) is 0 Å². The lowest BCUT2D eigenvalue weighted by Gasteiger charge is -2.62. The van der Waals surface area contributed by atoms with E-state index in [1.165, 1.54) is 70.9 Å². The van der Waals surface area contributed by atoms with Crippen LogP contribution in [0.25, 0.3) is 0 Å². The lowest BCUT2D eigenvalue weighted by molar-refractivity contribution is -0.224. The van der Waals surface area contributed by atoms with E-state index in [0.717, 1.165) is 43.9 Å². The molecule has 4 aliphatic carbocycles. The Balaban J connectivity index is 1.39. The van der Waals surface area contributed by atoms with E-state index in [0.29, 0.717) is 5.41 Å². The highest BCUT2D eigenvalue weighted by Gasteiger charge is 2.61. The van der Waals surface area contributed by atoms with Crippen LogP contribution in [0.2, 0.25) is 0 Å². The molecule has 0 aromatic rings. The first-order chi connectivity index (χ1) is 12.3. The Morgan fingerprint density at radius 2 is 1.84 bits per heavy atom. The molecule has 0 N–H and O–H groups in total. The van der Waals surface area contributed by atoms with Gasteiger partial charge in [0.2, 0.25) is 0 Å². The number of ether oxygens (including phenoxy) is 2. The van der Waals surface area contributed by atoms with Gasteiger partial charge in [-0.3, -0.25) is 4.90 Å². The number of hydrogen-bond acceptors (Lipinski definition) is 3. The zero-order chi connectivity index (χ0) is 16.5. The first-order valence-electron chi connectivity index (χ1n) is 11.0. The molecule has 0 aromatic carbocycles. The van der Waals surface area contributed by atoms with Crippen LogP contribution in [-0.2, 0) is 9.47 Å². The van der Waals surface area contributed by atoms with Gasteiger partial charge in [-0.1, -0.05) is 11.1 Å². The van der Waals surface area contributed by atoms with E-state index in [2.05, 4.69) is 4.90 Å². The molecule has 25 heavy (non-hydrogen) atoms. The molecule has 2 saturated heterocycles. The Morgan fingerprint density at radius 1 is 1.00 bits per heavy atom. The van der Waals surface area contributed by atoms with E-state index in [1.807, 2.05) is 11.1 Å². The molecule has 0 amide bonds. The van der Waals surface area contributed by atoms with Crippen LogP contribution in [-0.4, -0.2) is 43.0 Å². The summed E-state index contributed by atoms with van der Waals surface area (Å²) < 4.78 is 12.5. The normalized spacial score (nSPS) is 43.2. The fourth-order valence-corrected chi connectivity index (χ4v) is 7.35. The van der Waals surface area contributed by atoms with Gasteiger partial charge in [-0.2, -0.15) is 0 Å². The van der Waals surface area contributed by atoms with Crippen LogP contribution >= 0.6 is 0 Å². The van der Waals surface area contributed by atoms with Gasteiger partial charge in [-0.15, -0.1) is 0 Å². The van der Waals surface area contributed by atoms with E-state index in [4.69, 9.17) is 9.47 Å². The number of nitrogens with zero attached hydrogens (tertiary/aromatic N) is 1. The molecule has 1 spiro atoms. The predicted molar refractivity (Wildman–Crippen MR) is 97.2 cm³/mol. The van der Waals surface area contributed by atoms with Crippen LogP contribution in [0.15, 0.2) is 11.1 Å². The molecular weight excluding hydrogens is 310 g/mol. The molecule has 6 aliphatic rings. The van der Waals surface area contributed by atoms with E-state index in [-0.39, 0.29) is 5.79 Å². The minimum Gasteiger partial charge on any atom is -0.348 e. The maximum absolute atomic E-state index is 6.24. The van der Waals surface area contributed by atoms with Crippen molar-refractivity contribution >= 4 is 0 Å². The first kappa shape index (κ1) is 15.7. The number of rotatable bonds is 2. The molecule has 0 radical (unpaired) electrons. The fraction of sp³-hybridized carbons (Fsp3) is 0.909. The van der Waals surface area contributed by atoms with E-state index < -0.39 is 0 Å². The van der Waals surface area contributed by atoms with Crippen molar-refractivity contribution in [3.05, 3.63) is 11.1 Å². The summed E-state index contributed by atoms with van der Waals surface area (Å²) in [5, 5.41) is 0. The molecular formula is C22H33NO2. The lowest BCUT2D eigenvalue weighted by Crippen LogP contribution is -2.62. The van der Waals surface area contributed by atoms with Crippen LogP contribution < -0.4 is 0 Å². The van der Waals surface area contributed by atoms with Crippen LogP contribution in [0.4, 0.5) is 0 Å². The summed E-state index contributed by atoms with van der Waals surface area (Å²) in [5.41, 5.74) is 4.17. The van der Waals surface area contributed by atoms with Crippen molar-refractivity contribution in [1.82, 2.24) is 4.90 Å². The average molecular weight is 344 g/mol. The number of likely N-dealkylation sites (tertiary alicyclic amines) is 1. The molecule has 2 aliphatic heterocycles. The third-order valence-electron chi connectivity index (χ3n) is 8.55. The van der Waals surface area contributed by atoms with Gasteiger partial charge < -0.3 is 9.47 Å². The Kier molecular flexibility index (Phi) is 3.48. The minimum atomic E-state index is -0.230. The van der Waals surface area contributed by atoms with Gasteiger partial charge in [-0.05, 0) is 76.2 Å². The number of allylic oxidation sites excluding steroid dienone is 1. The van der Waals surface area contributed by atoms with Gasteiger partial charge in [0.1, 0.15) is 0 Å². The molecule has 4 fully saturated rings. The van der Waals surface area contributed by atoms with E-state index >= 15 is 0 Å². The summed E-state index contributed by atoms with van der Waals surface area (Å²) in [5.74, 6) is 1.66. The molecule has 6 rings (SSSR count). The average Bonchev–Trinajstić information content (AvgIpc) is 3.35. The van der Waals surface area contributed by atoms with Crippen molar-refractivity contribution in [2.45, 2.75) is 82.5 Å². The zero-order valence-electron chi connectivity index (χ0n) is 15.6. The lowest BCUT2D eigenvalue weighted by atomic mass is 9.49. The molecule has 3 atom stereocenters. The van der Waals surface area contributed by atoms with E-state index in [1.54, 1.807) is 0 Å². The standard InChI is InChI=1S/C22H33NO2/c1-2-4-18-17(3-1)13-20-19-7-8-22(24-11-12-25-22)15-21(18,19)9-10-23(20)14-16-5-6-16/h16,19-20H,1-15H2/t19-,20+,21+/m0/s1. The quantitative estimate of drug-likeness (QED) is 0.699. The second kappa shape index (κ2) is 5.56. The van der Waals surface area contributed by atoms with Crippen molar-refractivity contribution in [1.29, 1.82) is 0 Å². The van der Waals surface area contributed by atoms with Gasteiger partial charge in [-0.25, -0.2) is 0 Å². The molecule has 0 unspecified atom stereocenters. The zero-order valence-corrected chi connectivity index (χ0v) is 15.6. The third kappa shape index (κ3) is 2.34. The summed E-state index contributed by atoms with van der Waals surface area (Å²) in [7, 11) is 0. The largest absolute Gasteiger partial charge is 0.348 e. The second-order valence-corrected chi connectivity index (χ2v) is 9.83. The summed E-state index contributed by atoms with van der Waals surface area (Å²) in [6, 6.07) is 0.824.